The molecule has 29 heavy (non-hydrogen) atoms. The fourth-order valence-corrected chi connectivity index (χ4v) is 4.95. The van der Waals surface area contributed by atoms with Crippen molar-refractivity contribution in [3.05, 3.63) is 58.3 Å². The van der Waals surface area contributed by atoms with Crippen LogP contribution in [-0.4, -0.2) is 40.8 Å². The van der Waals surface area contributed by atoms with Gasteiger partial charge in [-0.15, -0.1) is 0 Å². The number of carbonyl (C=O) groups is 3. The summed E-state index contributed by atoms with van der Waals surface area (Å²) in [7, 11) is 0. The van der Waals surface area contributed by atoms with Gasteiger partial charge in [-0.3, -0.25) is 19.9 Å². The number of carbonyl (C=O) groups excluding carboxylic acids is 3. The summed E-state index contributed by atoms with van der Waals surface area (Å²) in [6.07, 6.45) is 2.41. The molecule has 2 aliphatic heterocycles. The molecule has 2 aliphatic rings. The molecule has 3 heterocycles. The molecule has 2 N–H and O–H groups in total. The fourth-order valence-electron chi connectivity index (χ4n) is 4.24. The lowest BCUT2D eigenvalue weighted by atomic mass is 9.87. The average molecular weight is 413 g/mol. The Labute approximate surface area is 173 Å². The zero-order valence-electron chi connectivity index (χ0n) is 16.3. The van der Waals surface area contributed by atoms with E-state index in [1.54, 1.807) is 11.3 Å². The van der Waals surface area contributed by atoms with Gasteiger partial charge < -0.3 is 5.32 Å². The van der Waals surface area contributed by atoms with Crippen molar-refractivity contribution in [1.29, 1.82) is 0 Å². The number of benzene rings is 1. The summed E-state index contributed by atoms with van der Waals surface area (Å²) in [5, 5.41) is 7.74. The highest BCUT2D eigenvalue weighted by Crippen LogP contribution is 2.33. The van der Waals surface area contributed by atoms with Crippen molar-refractivity contribution in [1.82, 2.24) is 20.7 Å². The van der Waals surface area contributed by atoms with Gasteiger partial charge in [-0.1, -0.05) is 37.3 Å². The number of hydrogen-bond donors (Lipinski definition) is 2. The largest absolute Gasteiger partial charge is 0.344 e. The molecule has 0 bridgehead atoms. The Morgan fingerprint density at radius 1 is 1.28 bits per heavy atom. The van der Waals surface area contributed by atoms with Crippen LogP contribution in [0.25, 0.3) is 0 Å². The summed E-state index contributed by atoms with van der Waals surface area (Å²) in [4.78, 5) is 40.4. The van der Waals surface area contributed by atoms with Gasteiger partial charge in [0.1, 0.15) is 5.54 Å². The molecule has 2 fully saturated rings. The molecule has 0 aliphatic carbocycles. The van der Waals surface area contributed by atoms with Crippen LogP contribution in [0.1, 0.15) is 43.4 Å². The third-order valence-electron chi connectivity index (χ3n) is 5.76. The predicted molar refractivity (Wildman–Crippen MR) is 110 cm³/mol. The van der Waals surface area contributed by atoms with Crippen LogP contribution in [0.15, 0.2) is 47.2 Å². The lowest BCUT2D eigenvalue weighted by Crippen LogP contribution is -2.51. The van der Waals surface area contributed by atoms with Crippen LogP contribution in [0.4, 0.5) is 4.79 Å². The fraction of sp³-hybridized carbons (Fsp3) is 0.381. The molecule has 7 nitrogen and oxygen atoms in total. The number of nitrogens with one attached hydrogen (secondary N) is 2. The third kappa shape index (κ3) is 3.54. The second-order valence-electron chi connectivity index (χ2n) is 7.42. The van der Waals surface area contributed by atoms with Crippen molar-refractivity contribution in [2.24, 2.45) is 0 Å². The lowest BCUT2D eigenvalue weighted by Gasteiger charge is -2.26. The summed E-state index contributed by atoms with van der Waals surface area (Å²) < 4.78 is 0. The molecule has 2 atom stereocenters. The number of hydrazine groups is 1. The molecule has 2 aromatic rings. The van der Waals surface area contributed by atoms with Gasteiger partial charge in [-0.2, -0.15) is 16.3 Å². The predicted octanol–water partition coefficient (Wildman–Crippen LogP) is 2.77. The van der Waals surface area contributed by atoms with E-state index in [4.69, 9.17) is 0 Å². The Morgan fingerprint density at radius 3 is 2.76 bits per heavy atom. The van der Waals surface area contributed by atoms with Crippen molar-refractivity contribution < 1.29 is 14.4 Å². The zero-order chi connectivity index (χ0) is 20.4. The van der Waals surface area contributed by atoms with Crippen LogP contribution < -0.4 is 10.7 Å². The van der Waals surface area contributed by atoms with Gasteiger partial charge in [0.15, 0.2) is 0 Å². The Bertz CT molecular complexity index is 902. The van der Waals surface area contributed by atoms with E-state index >= 15 is 0 Å². The summed E-state index contributed by atoms with van der Waals surface area (Å²) in [6, 6.07) is 10.8. The quantitative estimate of drug-likeness (QED) is 0.715. The van der Waals surface area contributed by atoms with E-state index in [0.717, 1.165) is 24.4 Å². The van der Waals surface area contributed by atoms with Crippen molar-refractivity contribution in [2.75, 3.05) is 13.1 Å². The molecule has 8 heteroatoms. The summed E-state index contributed by atoms with van der Waals surface area (Å²) in [5.41, 5.74) is 3.29. The molecule has 4 amide bonds. The van der Waals surface area contributed by atoms with Crippen LogP contribution >= 0.6 is 11.3 Å². The smallest absolute Gasteiger partial charge is 0.318 e. The lowest BCUT2D eigenvalue weighted by molar-refractivity contribution is -0.140. The van der Waals surface area contributed by atoms with Crippen molar-refractivity contribution >= 4 is 29.2 Å². The average Bonchev–Trinajstić information content (AvgIpc) is 3.45. The molecule has 0 spiro atoms. The molecule has 1 aromatic heterocycles. The van der Waals surface area contributed by atoms with Crippen molar-refractivity contribution in [3.63, 3.8) is 0 Å². The maximum absolute atomic E-state index is 13.1. The highest BCUT2D eigenvalue weighted by atomic mass is 32.1. The first kappa shape index (κ1) is 19.6. The van der Waals surface area contributed by atoms with Gasteiger partial charge in [0.2, 0.25) is 0 Å². The first-order chi connectivity index (χ1) is 14.0. The summed E-state index contributed by atoms with van der Waals surface area (Å²) >= 11 is 1.64. The maximum Gasteiger partial charge on any atom is 0.344 e. The van der Waals surface area contributed by atoms with Crippen molar-refractivity contribution in [3.8, 4) is 0 Å². The van der Waals surface area contributed by atoms with Gasteiger partial charge in [0, 0.05) is 6.04 Å². The van der Waals surface area contributed by atoms with Gasteiger partial charge in [0.25, 0.3) is 11.8 Å². The summed E-state index contributed by atoms with van der Waals surface area (Å²) in [5.74, 6) is -0.823. The number of hydrogen-bond acceptors (Lipinski definition) is 5. The number of urea groups is 1. The third-order valence-corrected chi connectivity index (χ3v) is 6.46. The molecule has 0 radical (unpaired) electrons. The maximum atomic E-state index is 13.1. The molecular weight excluding hydrogens is 388 g/mol. The van der Waals surface area contributed by atoms with E-state index in [1.807, 2.05) is 42.6 Å². The van der Waals surface area contributed by atoms with Crippen LogP contribution in [-0.2, 0) is 15.1 Å². The first-order valence-electron chi connectivity index (χ1n) is 9.83. The number of imide groups is 1. The minimum absolute atomic E-state index is 0.141. The number of thiophene rings is 1. The van der Waals surface area contributed by atoms with E-state index in [0.29, 0.717) is 12.0 Å². The molecular formula is C21H24N4O3S. The van der Waals surface area contributed by atoms with Gasteiger partial charge in [-0.05, 0) is 53.8 Å². The highest BCUT2D eigenvalue weighted by molar-refractivity contribution is 7.07. The van der Waals surface area contributed by atoms with Gasteiger partial charge in [-0.25, -0.2) is 4.79 Å². The number of likely N-dealkylation sites (tertiary alicyclic amines) is 1. The van der Waals surface area contributed by atoms with Crippen LogP contribution in [0.3, 0.4) is 0 Å². The van der Waals surface area contributed by atoms with Crippen LogP contribution in [0.2, 0.25) is 0 Å². The molecule has 0 saturated carbocycles. The minimum Gasteiger partial charge on any atom is -0.318 e. The second kappa shape index (κ2) is 7.96. The first-order valence-corrected chi connectivity index (χ1v) is 10.8. The van der Waals surface area contributed by atoms with Crippen molar-refractivity contribution in [2.45, 2.75) is 37.8 Å². The summed E-state index contributed by atoms with van der Waals surface area (Å²) in [6.45, 7) is 2.80. The minimum atomic E-state index is -1.15. The SMILES string of the molecule is CCC1(c2ccccc2)NC(=O)N(NC(=O)CN2CCCC2c2ccsc2)C1=O. The molecule has 4 rings (SSSR count). The van der Waals surface area contributed by atoms with E-state index in [2.05, 4.69) is 27.1 Å². The highest BCUT2D eigenvalue weighted by Gasteiger charge is 2.52. The Kier molecular flexibility index (Phi) is 5.38. The van der Waals surface area contributed by atoms with E-state index < -0.39 is 17.5 Å². The molecule has 2 unspecified atom stereocenters. The zero-order valence-corrected chi connectivity index (χ0v) is 17.1. The molecule has 152 valence electrons. The Hall–Kier alpha value is -2.71. The van der Waals surface area contributed by atoms with Gasteiger partial charge in [0.05, 0.1) is 6.54 Å². The normalized spacial score (nSPS) is 24.7. The topological polar surface area (TPSA) is 81.8 Å². The van der Waals surface area contributed by atoms with E-state index in [1.165, 1.54) is 5.56 Å². The Morgan fingerprint density at radius 2 is 2.07 bits per heavy atom. The van der Waals surface area contributed by atoms with E-state index in [9.17, 15) is 14.4 Å². The standard InChI is InChI=1S/C21H24N4O3S/c1-2-21(16-7-4-3-5-8-16)19(27)25(20(28)22-21)23-18(26)13-24-11-6-9-17(24)15-10-12-29-14-15/h3-5,7-8,10,12,14,17H,2,6,9,11,13H2,1H3,(H,22,28)(H,23,26). The molecule has 2 saturated heterocycles. The number of amides is 4. The van der Waals surface area contributed by atoms with E-state index in [-0.39, 0.29) is 18.5 Å². The molecule has 1 aromatic carbocycles. The second-order valence-corrected chi connectivity index (χ2v) is 8.20. The monoisotopic (exact) mass is 412 g/mol. The van der Waals surface area contributed by atoms with Crippen LogP contribution in [0, 0.1) is 0 Å². The van der Waals surface area contributed by atoms with Crippen LogP contribution in [0.5, 0.6) is 0 Å². The number of rotatable bonds is 6. The van der Waals surface area contributed by atoms with Gasteiger partial charge >= 0.3 is 6.03 Å². The Balaban J connectivity index is 1.46. The number of nitrogens with zero attached hydrogens (tertiary/aromatic N) is 2.